The Labute approximate surface area is 118 Å². The molecule has 1 unspecified atom stereocenters. The first-order valence-electron chi connectivity index (χ1n) is 7.23. The first-order valence-corrected chi connectivity index (χ1v) is 7.23. The number of hydrogen-bond acceptors (Lipinski definition) is 3. The highest BCUT2D eigenvalue weighted by Gasteiger charge is 2.38. The molecular weight excluding hydrogens is 252 g/mol. The van der Waals surface area contributed by atoms with Crippen molar-refractivity contribution in [2.45, 2.75) is 25.0 Å². The van der Waals surface area contributed by atoms with E-state index in [0.29, 0.717) is 6.61 Å². The quantitative estimate of drug-likeness (QED) is 0.864. The average Bonchev–Trinajstić information content (AvgIpc) is 2.97. The zero-order chi connectivity index (χ0) is 13.5. The summed E-state index contributed by atoms with van der Waals surface area (Å²) in [5.74, 6) is 0.0918. The number of hydrogen-bond donors (Lipinski definition) is 1. The van der Waals surface area contributed by atoms with E-state index in [2.05, 4.69) is 33.8 Å². The van der Waals surface area contributed by atoms with E-state index in [1.54, 1.807) is 0 Å². The Hall–Kier alpha value is -1.65. The molecule has 0 spiro atoms. The Morgan fingerprint density at radius 2 is 2.20 bits per heavy atom. The summed E-state index contributed by atoms with van der Waals surface area (Å²) in [5.41, 5.74) is 3.65. The van der Waals surface area contributed by atoms with Gasteiger partial charge in [0.05, 0.1) is 37.0 Å². The van der Waals surface area contributed by atoms with Crippen LogP contribution in [0.15, 0.2) is 36.8 Å². The van der Waals surface area contributed by atoms with Crippen LogP contribution in [0.5, 0.6) is 0 Å². The van der Waals surface area contributed by atoms with Crippen LogP contribution in [0.25, 0.3) is 11.3 Å². The number of imidazole rings is 1. The SMILES string of the molecule is O[C@@H]1CCCOC[C@@H]1C1c2ccccc2-c2cncn21. The fraction of sp³-hybridized carbons (Fsp3) is 0.438. The molecule has 2 aliphatic heterocycles. The number of ether oxygens (including phenoxy) is 1. The van der Waals surface area contributed by atoms with Crippen LogP contribution in [-0.2, 0) is 4.74 Å². The Kier molecular flexibility index (Phi) is 2.86. The third kappa shape index (κ3) is 1.72. The van der Waals surface area contributed by atoms with Crippen LogP contribution in [0.1, 0.15) is 24.4 Å². The molecule has 0 radical (unpaired) electrons. The van der Waals surface area contributed by atoms with Crippen LogP contribution in [0.2, 0.25) is 0 Å². The highest BCUT2D eigenvalue weighted by Crippen LogP contribution is 2.44. The van der Waals surface area contributed by atoms with E-state index in [1.165, 1.54) is 11.1 Å². The van der Waals surface area contributed by atoms with Gasteiger partial charge < -0.3 is 14.4 Å². The van der Waals surface area contributed by atoms with Crippen molar-refractivity contribution in [3.63, 3.8) is 0 Å². The minimum atomic E-state index is -0.316. The molecule has 3 heterocycles. The lowest BCUT2D eigenvalue weighted by Crippen LogP contribution is -2.31. The van der Waals surface area contributed by atoms with Crippen LogP contribution < -0.4 is 0 Å². The number of benzene rings is 1. The Balaban J connectivity index is 1.81. The summed E-state index contributed by atoms with van der Waals surface area (Å²) in [6, 6.07) is 8.54. The molecule has 1 N–H and O–H groups in total. The number of nitrogens with zero attached hydrogens (tertiary/aromatic N) is 2. The second-order valence-corrected chi connectivity index (χ2v) is 5.67. The summed E-state index contributed by atoms with van der Waals surface area (Å²) in [6.07, 6.45) is 5.21. The van der Waals surface area contributed by atoms with Gasteiger partial charge in [-0.1, -0.05) is 24.3 Å². The van der Waals surface area contributed by atoms with E-state index in [9.17, 15) is 5.11 Å². The maximum absolute atomic E-state index is 10.5. The first kappa shape index (κ1) is 12.1. The van der Waals surface area contributed by atoms with E-state index >= 15 is 0 Å². The van der Waals surface area contributed by atoms with Gasteiger partial charge in [-0.15, -0.1) is 0 Å². The molecule has 0 aliphatic carbocycles. The molecule has 0 amide bonds. The van der Waals surface area contributed by atoms with Crippen molar-refractivity contribution in [2.24, 2.45) is 5.92 Å². The van der Waals surface area contributed by atoms with Crippen molar-refractivity contribution in [2.75, 3.05) is 13.2 Å². The second kappa shape index (κ2) is 4.72. The summed E-state index contributed by atoms with van der Waals surface area (Å²) in [4.78, 5) is 4.28. The lowest BCUT2D eigenvalue weighted by Gasteiger charge is -2.28. The molecule has 4 rings (SSSR count). The molecule has 3 atom stereocenters. The molecule has 104 valence electrons. The van der Waals surface area contributed by atoms with Crippen molar-refractivity contribution >= 4 is 0 Å². The maximum atomic E-state index is 10.5. The normalized spacial score (nSPS) is 28.8. The summed E-state index contributed by atoms with van der Waals surface area (Å²) in [6.45, 7) is 1.36. The minimum Gasteiger partial charge on any atom is -0.393 e. The summed E-state index contributed by atoms with van der Waals surface area (Å²) < 4.78 is 7.89. The number of fused-ring (bicyclic) bond motifs is 3. The molecule has 1 aromatic carbocycles. The Morgan fingerprint density at radius 1 is 1.30 bits per heavy atom. The molecule has 2 aromatic rings. The summed E-state index contributed by atoms with van der Waals surface area (Å²) in [7, 11) is 0. The largest absolute Gasteiger partial charge is 0.393 e. The highest BCUT2D eigenvalue weighted by molar-refractivity contribution is 5.69. The predicted molar refractivity (Wildman–Crippen MR) is 75.4 cm³/mol. The maximum Gasteiger partial charge on any atom is 0.0956 e. The molecular formula is C16H18N2O2. The molecule has 20 heavy (non-hydrogen) atoms. The lowest BCUT2D eigenvalue weighted by atomic mass is 9.87. The molecule has 0 bridgehead atoms. The third-order valence-electron chi connectivity index (χ3n) is 4.52. The minimum absolute atomic E-state index is 0.0918. The van der Waals surface area contributed by atoms with E-state index in [0.717, 1.165) is 25.1 Å². The van der Waals surface area contributed by atoms with Gasteiger partial charge in [0.25, 0.3) is 0 Å². The summed E-state index contributed by atoms with van der Waals surface area (Å²) in [5, 5.41) is 10.5. The predicted octanol–water partition coefficient (Wildman–Crippen LogP) is 2.24. The molecule has 4 nitrogen and oxygen atoms in total. The van der Waals surface area contributed by atoms with Crippen LogP contribution in [-0.4, -0.2) is 34.0 Å². The van der Waals surface area contributed by atoms with Crippen LogP contribution >= 0.6 is 0 Å². The van der Waals surface area contributed by atoms with Crippen LogP contribution in [0.4, 0.5) is 0 Å². The average molecular weight is 270 g/mol. The van der Waals surface area contributed by atoms with E-state index in [1.807, 2.05) is 12.5 Å². The van der Waals surface area contributed by atoms with Crippen LogP contribution in [0.3, 0.4) is 0 Å². The zero-order valence-corrected chi connectivity index (χ0v) is 11.3. The molecule has 0 saturated carbocycles. The van der Waals surface area contributed by atoms with Gasteiger partial charge in [-0.2, -0.15) is 0 Å². The number of aliphatic hydroxyl groups is 1. The fourth-order valence-electron chi connectivity index (χ4n) is 3.55. The number of aromatic nitrogens is 2. The Bertz CT molecular complexity index is 622. The van der Waals surface area contributed by atoms with Gasteiger partial charge in [0.1, 0.15) is 0 Å². The smallest absolute Gasteiger partial charge is 0.0956 e. The number of rotatable bonds is 1. The summed E-state index contributed by atoms with van der Waals surface area (Å²) >= 11 is 0. The van der Waals surface area contributed by atoms with E-state index in [-0.39, 0.29) is 18.1 Å². The van der Waals surface area contributed by atoms with Gasteiger partial charge in [-0.25, -0.2) is 4.98 Å². The highest BCUT2D eigenvalue weighted by atomic mass is 16.5. The lowest BCUT2D eigenvalue weighted by molar-refractivity contribution is 0.0395. The van der Waals surface area contributed by atoms with Gasteiger partial charge in [-0.05, 0) is 18.4 Å². The Morgan fingerprint density at radius 3 is 3.15 bits per heavy atom. The molecule has 4 heteroatoms. The first-order chi connectivity index (χ1) is 9.86. The van der Waals surface area contributed by atoms with E-state index < -0.39 is 0 Å². The van der Waals surface area contributed by atoms with Crippen molar-refractivity contribution in [1.82, 2.24) is 9.55 Å². The van der Waals surface area contributed by atoms with Gasteiger partial charge in [0.15, 0.2) is 0 Å². The van der Waals surface area contributed by atoms with Gasteiger partial charge >= 0.3 is 0 Å². The second-order valence-electron chi connectivity index (χ2n) is 5.67. The van der Waals surface area contributed by atoms with Crippen molar-refractivity contribution < 1.29 is 9.84 Å². The van der Waals surface area contributed by atoms with E-state index in [4.69, 9.17) is 4.74 Å². The van der Waals surface area contributed by atoms with Gasteiger partial charge in [-0.3, -0.25) is 0 Å². The van der Waals surface area contributed by atoms with Gasteiger partial charge in [0.2, 0.25) is 0 Å². The van der Waals surface area contributed by atoms with Gasteiger partial charge in [0, 0.05) is 18.1 Å². The molecule has 1 fully saturated rings. The van der Waals surface area contributed by atoms with Crippen molar-refractivity contribution in [1.29, 1.82) is 0 Å². The molecule has 1 aromatic heterocycles. The number of aliphatic hydroxyl groups excluding tert-OH is 1. The standard InChI is InChI=1S/C16H18N2O2/c19-15-6-3-7-20-9-13(15)16-12-5-2-1-4-11(12)14-8-17-10-18(14)16/h1-2,4-5,8,10,13,15-16,19H,3,6-7,9H2/t13-,15+,16?/m0/s1. The third-order valence-corrected chi connectivity index (χ3v) is 4.52. The van der Waals surface area contributed by atoms with Crippen LogP contribution in [0, 0.1) is 5.92 Å². The van der Waals surface area contributed by atoms with Crippen molar-refractivity contribution in [3.8, 4) is 11.3 Å². The fourth-order valence-corrected chi connectivity index (χ4v) is 3.55. The molecule has 1 saturated heterocycles. The topological polar surface area (TPSA) is 47.3 Å². The van der Waals surface area contributed by atoms with Crippen molar-refractivity contribution in [3.05, 3.63) is 42.4 Å². The molecule has 2 aliphatic rings. The zero-order valence-electron chi connectivity index (χ0n) is 11.3. The monoisotopic (exact) mass is 270 g/mol.